The lowest BCUT2D eigenvalue weighted by Crippen LogP contribution is -2.47. The second-order valence-electron chi connectivity index (χ2n) is 5.77. The van der Waals surface area contributed by atoms with Crippen LogP contribution in [-0.4, -0.2) is 62.0 Å². The minimum Gasteiger partial charge on any atom is -0.497 e. The van der Waals surface area contributed by atoms with Crippen molar-refractivity contribution in [3.8, 4) is 5.75 Å². The van der Waals surface area contributed by atoms with E-state index in [1.54, 1.807) is 7.11 Å². The van der Waals surface area contributed by atoms with E-state index < -0.39 is 0 Å². The zero-order valence-corrected chi connectivity index (χ0v) is 13.6. The first kappa shape index (κ1) is 16.0. The number of carbonyl (C=O) groups excluding carboxylic acids is 1. The highest BCUT2D eigenvalue weighted by Crippen LogP contribution is 2.22. The summed E-state index contributed by atoms with van der Waals surface area (Å²) in [6, 6.07) is 3.88. The van der Waals surface area contributed by atoms with Crippen molar-refractivity contribution in [2.75, 3.05) is 46.4 Å². The van der Waals surface area contributed by atoms with Gasteiger partial charge in [-0.15, -0.1) is 0 Å². The summed E-state index contributed by atoms with van der Waals surface area (Å²) in [6.45, 7) is 11.8. The first-order valence-electron chi connectivity index (χ1n) is 7.68. The number of Topliss-reactive ketones (excluding diaryl/α,β-unsaturated/α-hetero) is 1. The molecule has 1 aromatic rings. The zero-order valence-electron chi connectivity index (χ0n) is 13.6. The van der Waals surface area contributed by atoms with Gasteiger partial charge in [0.2, 0.25) is 0 Å². The number of piperazine rings is 1. The van der Waals surface area contributed by atoms with Gasteiger partial charge in [-0.3, -0.25) is 9.69 Å². The summed E-state index contributed by atoms with van der Waals surface area (Å²) in [5.74, 6) is 1.04. The number of likely N-dealkylation sites (N-methyl/N-ethyl adjacent to an activating group) is 1. The highest BCUT2D eigenvalue weighted by Gasteiger charge is 2.20. The summed E-state index contributed by atoms with van der Waals surface area (Å²) >= 11 is 0. The number of hydrogen-bond donors (Lipinski definition) is 0. The van der Waals surface area contributed by atoms with Gasteiger partial charge in [0, 0.05) is 31.7 Å². The van der Waals surface area contributed by atoms with Gasteiger partial charge in [0.1, 0.15) is 5.75 Å². The summed E-state index contributed by atoms with van der Waals surface area (Å²) in [5.41, 5.74) is 2.86. The van der Waals surface area contributed by atoms with Crippen LogP contribution in [0.5, 0.6) is 5.75 Å². The molecule has 1 fully saturated rings. The summed E-state index contributed by atoms with van der Waals surface area (Å²) in [6.07, 6.45) is 0. The second-order valence-corrected chi connectivity index (χ2v) is 5.77. The number of benzene rings is 1. The lowest BCUT2D eigenvalue weighted by Gasteiger charge is -2.33. The lowest BCUT2D eigenvalue weighted by molar-refractivity contribution is 0.0858. The van der Waals surface area contributed by atoms with Crippen molar-refractivity contribution in [2.24, 2.45) is 0 Å². The van der Waals surface area contributed by atoms with Gasteiger partial charge < -0.3 is 9.64 Å². The molecule has 0 atom stereocenters. The number of hydrogen-bond acceptors (Lipinski definition) is 4. The van der Waals surface area contributed by atoms with E-state index in [4.69, 9.17) is 4.74 Å². The molecule has 0 bridgehead atoms. The number of nitrogens with zero attached hydrogens (tertiary/aromatic N) is 2. The van der Waals surface area contributed by atoms with Crippen molar-refractivity contribution in [1.82, 2.24) is 9.80 Å². The van der Waals surface area contributed by atoms with Gasteiger partial charge >= 0.3 is 0 Å². The molecule has 0 unspecified atom stereocenters. The Hall–Kier alpha value is -1.39. The Morgan fingerprint density at radius 1 is 1.10 bits per heavy atom. The molecule has 4 heteroatoms. The minimum atomic E-state index is 0.220. The van der Waals surface area contributed by atoms with E-state index >= 15 is 0 Å². The molecule has 116 valence electrons. The van der Waals surface area contributed by atoms with Crippen molar-refractivity contribution >= 4 is 5.78 Å². The van der Waals surface area contributed by atoms with Crippen molar-refractivity contribution in [1.29, 1.82) is 0 Å². The van der Waals surface area contributed by atoms with Crippen LogP contribution in [0.3, 0.4) is 0 Å². The van der Waals surface area contributed by atoms with Gasteiger partial charge in [-0.05, 0) is 43.7 Å². The average Bonchev–Trinajstić information content (AvgIpc) is 2.47. The third kappa shape index (κ3) is 3.83. The Morgan fingerprint density at radius 3 is 2.10 bits per heavy atom. The summed E-state index contributed by atoms with van der Waals surface area (Å²) < 4.78 is 5.26. The molecular formula is C17H26N2O2. The van der Waals surface area contributed by atoms with E-state index in [9.17, 15) is 4.79 Å². The Morgan fingerprint density at radius 2 is 1.62 bits per heavy atom. The Bertz CT molecular complexity index is 483. The van der Waals surface area contributed by atoms with Crippen LogP contribution in [0.2, 0.25) is 0 Å². The molecule has 1 aromatic carbocycles. The summed E-state index contributed by atoms with van der Waals surface area (Å²) in [4.78, 5) is 17.3. The van der Waals surface area contributed by atoms with Gasteiger partial charge in [0.15, 0.2) is 5.78 Å². The van der Waals surface area contributed by atoms with Crippen molar-refractivity contribution < 1.29 is 9.53 Å². The normalized spacial score (nSPS) is 17.0. The number of methoxy groups -OCH3 is 1. The number of rotatable bonds is 5. The number of aryl methyl sites for hydroxylation is 2. The summed E-state index contributed by atoms with van der Waals surface area (Å²) in [5, 5.41) is 0. The molecule has 0 aromatic heterocycles. The fourth-order valence-electron chi connectivity index (χ4n) is 3.03. The first-order chi connectivity index (χ1) is 10.0. The number of ether oxygens (including phenoxy) is 1. The molecule has 0 amide bonds. The molecule has 0 N–H and O–H groups in total. The summed E-state index contributed by atoms with van der Waals surface area (Å²) in [7, 11) is 1.66. The fourth-order valence-corrected chi connectivity index (χ4v) is 3.03. The second kappa shape index (κ2) is 7.05. The third-order valence-electron chi connectivity index (χ3n) is 4.30. The van der Waals surface area contributed by atoms with Crippen molar-refractivity contribution in [3.63, 3.8) is 0 Å². The molecule has 2 rings (SSSR count). The van der Waals surface area contributed by atoms with Crippen LogP contribution >= 0.6 is 0 Å². The van der Waals surface area contributed by atoms with E-state index in [0.717, 1.165) is 55.2 Å². The first-order valence-corrected chi connectivity index (χ1v) is 7.68. The van der Waals surface area contributed by atoms with Crippen LogP contribution in [0.15, 0.2) is 12.1 Å². The fraction of sp³-hybridized carbons (Fsp3) is 0.588. The predicted octanol–water partition coefficient (Wildman–Crippen LogP) is 2.13. The van der Waals surface area contributed by atoms with Crippen LogP contribution in [0, 0.1) is 13.8 Å². The van der Waals surface area contributed by atoms with Crippen molar-refractivity contribution in [3.05, 3.63) is 28.8 Å². The van der Waals surface area contributed by atoms with Gasteiger partial charge in [0.25, 0.3) is 0 Å². The molecule has 21 heavy (non-hydrogen) atoms. The molecule has 1 heterocycles. The topological polar surface area (TPSA) is 32.8 Å². The van der Waals surface area contributed by atoms with Crippen molar-refractivity contribution in [2.45, 2.75) is 20.8 Å². The Labute approximate surface area is 127 Å². The molecule has 1 saturated heterocycles. The SMILES string of the molecule is CCN1CCN(CC(=O)c2c(C)cc(OC)cc2C)CC1. The monoisotopic (exact) mass is 290 g/mol. The molecule has 0 spiro atoms. The average molecular weight is 290 g/mol. The van der Waals surface area contributed by atoms with Crippen LogP contribution in [-0.2, 0) is 0 Å². The van der Waals surface area contributed by atoms with E-state index in [2.05, 4.69) is 16.7 Å². The van der Waals surface area contributed by atoms with Crippen LogP contribution in [0.1, 0.15) is 28.4 Å². The molecule has 4 nitrogen and oxygen atoms in total. The predicted molar refractivity (Wildman–Crippen MR) is 85.4 cm³/mol. The molecule has 1 aliphatic heterocycles. The third-order valence-corrected chi connectivity index (χ3v) is 4.30. The highest BCUT2D eigenvalue weighted by atomic mass is 16.5. The highest BCUT2D eigenvalue weighted by molar-refractivity contribution is 6.00. The standard InChI is InChI=1S/C17H26N2O2/c1-5-18-6-8-19(9-7-18)12-16(20)17-13(2)10-15(21-4)11-14(17)3/h10-11H,5-9,12H2,1-4H3. The maximum absolute atomic E-state index is 12.6. The largest absolute Gasteiger partial charge is 0.497 e. The van der Waals surface area contributed by atoms with E-state index in [1.807, 2.05) is 26.0 Å². The van der Waals surface area contributed by atoms with Crippen LogP contribution < -0.4 is 4.74 Å². The van der Waals surface area contributed by atoms with E-state index in [0.29, 0.717) is 6.54 Å². The van der Waals surface area contributed by atoms with Gasteiger partial charge in [-0.1, -0.05) is 6.92 Å². The quantitative estimate of drug-likeness (QED) is 0.778. The minimum absolute atomic E-state index is 0.220. The molecule has 0 aliphatic carbocycles. The molecule has 1 aliphatic rings. The smallest absolute Gasteiger partial charge is 0.177 e. The van der Waals surface area contributed by atoms with E-state index in [1.165, 1.54) is 0 Å². The Balaban J connectivity index is 2.04. The number of carbonyl (C=O) groups is 1. The van der Waals surface area contributed by atoms with Gasteiger partial charge in [-0.2, -0.15) is 0 Å². The maximum atomic E-state index is 12.6. The van der Waals surface area contributed by atoms with Gasteiger partial charge in [-0.25, -0.2) is 0 Å². The lowest BCUT2D eigenvalue weighted by atomic mass is 9.98. The number of ketones is 1. The van der Waals surface area contributed by atoms with E-state index in [-0.39, 0.29) is 5.78 Å². The van der Waals surface area contributed by atoms with Crippen LogP contribution in [0.25, 0.3) is 0 Å². The van der Waals surface area contributed by atoms with Crippen LogP contribution in [0.4, 0.5) is 0 Å². The maximum Gasteiger partial charge on any atom is 0.177 e. The molecule has 0 saturated carbocycles. The Kier molecular flexibility index (Phi) is 5.37. The van der Waals surface area contributed by atoms with Gasteiger partial charge in [0.05, 0.1) is 13.7 Å². The molecular weight excluding hydrogens is 264 g/mol. The zero-order chi connectivity index (χ0) is 15.4. The molecule has 0 radical (unpaired) electrons.